The third-order valence-corrected chi connectivity index (χ3v) is 5.07. The quantitative estimate of drug-likeness (QED) is 0.618. The summed E-state index contributed by atoms with van der Waals surface area (Å²) in [7, 11) is 0. The molecule has 0 fully saturated rings. The zero-order valence-corrected chi connectivity index (χ0v) is 13.7. The molecule has 1 aliphatic rings. The van der Waals surface area contributed by atoms with Crippen LogP contribution in [0.5, 0.6) is 0 Å². The number of esters is 1. The Morgan fingerprint density at radius 1 is 1.35 bits per heavy atom. The van der Waals surface area contributed by atoms with E-state index in [4.69, 9.17) is 4.74 Å². The molecule has 0 heterocycles. The molecule has 4 heteroatoms. The summed E-state index contributed by atoms with van der Waals surface area (Å²) < 4.78 is 5.40. The number of hydrogen-bond donors (Lipinski definition) is 0. The fourth-order valence-electron chi connectivity index (χ4n) is 2.90. The first-order valence-corrected chi connectivity index (χ1v) is 8.57. The molecule has 2 aromatic carbocycles. The maximum atomic E-state index is 11.3. The molecule has 0 radical (unpaired) electrons. The number of nitriles is 1. The van der Waals surface area contributed by atoms with Crippen LogP contribution >= 0.6 is 11.8 Å². The molecule has 0 saturated heterocycles. The summed E-state index contributed by atoms with van der Waals surface area (Å²) in [4.78, 5) is 12.4. The minimum atomic E-state index is -0.274. The number of carbonyl (C=O) groups is 1. The largest absolute Gasteiger partial charge is 0.458 e. The topological polar surface area (TPSA) is 50.1 Å². The van der Waals surface area contributed by atoms with Crippen LogP contribution < -0.4 is 0 Å². The Balaban J connectivity index is 1.87. The molecule has 0 amide bonds. The highest BCUT2D eigenvalue weighted by Crippen LogP contribution is 2.41. The molecule has 23 heavy (non-hydrogen) atoms. The number of ether oxygens (including phenoxy) is 1. The van der Waals surface area contributed by atoms with Crippen molar-refractivity contribution in [1.29, 1.82) is 5.26 Å². The fourth-order valence-corrected chi connectivity index (χ4v) is 4.02. The van der Waals surface area contributed by atoms with Crippen LogP contribution in [0.3, 0.4) is 0 Å². The van der Waals surface area contributed by atoms with Crippen molar-refractivity contribution in [3.05, 3.63) is 64.7 Å². The highest BCUT2D eigenvalue weighted by molar-refractivity contribution is 7.98. The number of fused-ring (bicyclic) bond motifs is 1. The van der Waals surface area contributed by atoms with Crippen molar-refractivity contribution in [3.8, 4) is 6.07 Å². The van der Waals surface area contributed by atoms with E-state index in [-0.39, 0.29) is 12.1 Å². The van der Waals surface area contributed by atoms with Crippen LogP contribution in [0.25, 0.3) is 0 Å². The maximum absolute atomic E-state index is 11.3. The lowest BCUT2D eigenvalue weighted by atomic mass is 10.1. The van der Waals surface area contributed by atoms with Crippen molar-refractivity contribution < 1.29 is 9.53 Å². The van der Waals surface area contributed by atoms with Crippen molar-refractivity contribution >= 4 is 17.7 Å². The summed E-state index contributed by atoms with van der Waals surface area (Å²) in [5.41, 5.74) is 4.09. The lowest BCUT2D eigenvalue weighted by Crippen LogP contribution is -2.05. The molecular weight excluding hydrogens is 306 g/mol. The highest BCUT2D eigenvalue weighted by atomic mass is 32.2. The van der Waals surface area contributed by atoms with E-state index in [1.54, 1.807) is 11.8 Å². The van der Waals surface area contributed by atoms with Gasteiger partial charge in [-0.3, -0.25) is 4.79 Å². The summed E-state index contributed by atoms with van der Waals surface area (Å²) in [6.45, 7) is 1.43. The van der Waals surface area contributed by atoms with E-state index in [2.05, 4.69) is 18.2 Å². The van der Waals surface area contributed by atoms with Gasteiger partial charge in [0.15, 0.2) is 0 Å². The Morgan fingerprint density at radius 2 is 2.13 bits per heavy atom. The second-order valence-corrected chi connectivity index (χ2v) is 6.58. The summed E-state index contributed by atoms with van der Waals surface area (Å²) in [5.74, 6) is 0.587. The first kappa shape index (κ1) is 15.6. The normalized spacial score (nSPS) is 15.7. The molecule has 0 spiro atoms. The molecule has 1 unspecified atom stereocenters. The smallest absolute Gasteiger partial charge is 0.303 e. The average molecular weight is 323 g/mol. The number of benzene rings is 2. The third-order valence-electron chi connectivity index (χ3n) is 3.92. The molecule has 3 rings (SSSR count). The van der Waals surface area contributed by atoms with Crippen LogP contribution in [0.1, 0.15) is 41.7 Å². The van der Waals surface area contributed by atoms with E-state index in [9.17, 15) is 10.1 Å². The van der Waals surface area contributed by atoms with Crippen LogP contribution in [-0.2, 0) is 21.7 Å². The molecule has 116 valence electrons. The number of thioether (sulfide) groups is 1. The Morgan fingerprint density at radius 3 is 2.83 bits per heavy atom. The van der Waals surface area contributed by atoms with E-state index in [0.29, 0.717) is 5.56 Å². The molecule has 0 saturated carbocycles. The van der Waals surface area contributed by atoms with Gasteiger partial charge in [-0.05, 0) is 41.7 Å². The van der Waals surface area contributed by atoms with Crippen molar-refractivity contribution in [2.45, 2.75) is 36.5 Å². The monoisotopic (exact) mass is 323 g/mol. The van der Waals surface area contributed by atoms with Crippen molar-refractivity contribution in [1.82, 2.24) is 0 Å². The maximum Gasteiger partial charge on any atom is 0.303 e. The second-order valence-electron chi connectivity index (χ2n) is 5.56. The molecule has 2 aromatic rings. The predicted molar refractivity (Wildman–Crippen MR) is 90.0 cm³/mol. The minimum absolute atomic E-state index is 0.216. The Bertz CT molecular complexity index is 765. The molecule has 3 nitrogen and oxygen atoms in total. The van der Waals surface area contributed by atoms with Gasteiger partial charge in [0.25, 0.3) is 0 Å². The fraction of sp³-hybridized carbons (Fsp3) is 0.263. The third kappa shape index (κ3) is 3.57. The van der Waals surface area contributed by atoms with Crippen molar-refractivity contribution in [2.24, 2.45) is 0 Å². The molecule has 0 bridgehead atoms. The number of rotatable bonds is 4. The molecule has 0 aliphatic heterocycles. The van der Waals surface area contributed by atoms with E-state index < -0.39 is 0 Å². The van der Waals surface area contributed by atoms with Gasteiger partial charge in [-0.2, -0.15) is 5.26 Å². The zero-order chi connectivity index (χ0) is 16.2. The lowest BCUT2D eigenvalue weighted by Gasteiger charge is -2.14. The molecule has 0 aromatic heterocycles. The van der Waals surface area contributed by atoms with E-state index in [1.165, 1.54) is 18.1 Å². The van der Waals surface area contributed by atoms with Crippen molar-refractivity contribution in [2.75, 3.05) is 0 Å². The second kappa shape index (κ2) is 6.89. The van der Waals surface area contributed by atoms with Gasteiger partial charge in [-0.1, -0.05) is 30.3 Å². The molecule has 0 N–H and O–H groups in total. The van der Waals surface area contributed by atoms with Crippen LogP contribution in [0.2, 0.25) is 0 Å². The highest BCUT2D eigenvalue weighted by Gasteiger charge is 2.28. The van der Waals surface area contributed by atoms with Crippen molar-refractivity contribution in [3.63, 3.8) is 0 Å². The summed E-state index contributed by atoms with van der Waals surface area (Å²) in [6, 6.07) is 16.3. The molecular formula is C19H17NO2S. The summed E-state index contributed by atoms with van der Waals surface area (Å²) in [5, 5.41) is 9.28. The van der Waals surface area contributed by atoms with E-state index >= 15 is 0 Å². The Labute approximate surface area is 140 Å². The summed E-state index contributed by atoms with van der Waals surface area (Å²) >= 11 is 1.74. The van der Waals surface area contributed by atoms with E-state index in [1.807, 2.05) is 30.3 Å². The van der Waals surface area contributed by atoms with Crippen LogP contribution in [0.15, 0.2) is 47.4 Å². The molecule has 1 aliphatic carbocycles. The van der Waals surface area contributed by atoms with Gasteiger partial charge in [-0.15, -0.1) is 11.8 Å². The van der Waals surface area contributed by atoms with Gasteiger partial charge in [-0.25, -0.2) is 0 Å². The predicted octanol–water partition coefficient (Wildman–Crippen LogP) is 4.40. The summed E-state index contributed by atoms with van der Waals surface area (Å²) in [6.07, 6.45) is 1.46. The van der Waals surface area contributed by atoms with Gasteiger partial charge in [0.05, 0.1) is 11.6 Å². The van der Waals surface area contributed by atoms with Gasteiger partial charge in [0.2, 0.25) is 0 Å². The molecule has 1 atom stereocenters. The van der Waals surface area contributed by atoms with Gasteiger partial charge < -0.3 is 4.74 Å². The Kier molecular flexibility index (Phi) is 4.68. The average Bonchev–Trinajstić information content (AvgIpc) is 2.96. The number of carbonyl (C=O) groups excluding carboxylic acids is 1. The minimum Gasteiger partial charge on any atom is -0.458 e. The van der Waals surface area contributed by atoms with E-state index in [0.717, 1.165) is 29.1 Å². The lowest BCUT2D eigenvalue weighted by molar-refractivity contribution is -0.146. The zero-order valence-electron chi connectivity index (χ0n) is 12.9. The van der Waals surface area contributed by atoms with Gasteiger partial charge >= 0.3 is 5.97 Å². The number of nitrogens with zero attached hydrogens (tertiary/aromatic N) is 1. The van der Waals surface area contributed by atoms with Gasteiger partial charge in [0, 0.05) is 17.6 Å². The van der Waals surface area contributed by atoms with Crippen LogP contribution in [-0.4, -0.2) is 5.97 Å². The first-order valence-electron chi connectivity index (χ1n) is 7.58. The van der Waals surface area contributed by atoms with Gasteiger partial charge in [0.1, 0.15) is 6.10 Å². The van der Waals surface area contributed by atoms with Crippen LogP contribution in [0.4, 0.5) is 0 Å². The Hall–Kier alpha value is -2.25. The SMILES string of the molecule is CC(=O)OC1CCc2c(SCc3ccccc3)cc(C#N)cc21. The van der Waals surface area contributed by atoms with Crippen LogP contribution in [0, 0.1) is 11.3 Å². The number of hydrogen-bond acceptors (Lipinski definition) is 4. The standard InChI is InChI=1S/C19H17NO2S/c1-13(21)22-18-8-7-16-17(18)9-15(11-20)10-19(16)23-12-14-5-3-2-4-6-14/h2-6,9-10,18H,7-8,12H2,1H3. The first-order chi connectivity index (χ1) is 11.2.